The fourth-order valence-corrected chi connectivity index (χ4v) is 4.41. The molecule has 3 aromatic carbocycles. The fourth-order valence-electron chi connectivity index (χ4n) is 3.32. The summed E-state index contributed by atoms with van der Waals surface area (Å²) >= 11 is 3.40. The van der Waals surface area contributed by atoms with E-state index in [9.17, 15) is 13.2 Å². The highest BCUT2D eigenvalue weighted by molar-refractivity contribution is 9.10. The van der Waals surface area contributed by atoms with Gasteiger partial charge in [-0.3, -0.25) is 9.10 Å². The standard InChI is InChI=1S/C22H19BrN2O4S/c1-14-11-16(8-10-19(14)23)25(30(2,27)28)13-22(26)24-15-7-9-18-17-5-3-4-6-20(17)29-21(18)12-15/h3-12H,13H2,1-2H3,(H,24,26). The molecule has 8 heteroatoms. The van der Waals surface area contributed by atoms with Crippen LogP contribution in [0.1, 0.15) is 5.56 Å². The van der Waals surface area contributed by atoms with E-state index in [0.29, 0.717) is 17.0 Å². The number of amides is 1. The number of sulfonamides is 1. The lowest BCUT2D eigenvalue weighted by Gasteiger charge is -2.22. The van der Waals surface area contributed by atoms with Crippen molar-refractivity contribution in [1.29, 1.82) is 0 Å². The molecule has 0 saturated heterocycles. The van der Waals surface area contributed by atoms with Crippen molar-refractivity contribution in [3.05, 3.63) is 70.7 Å². The predicted molar refractivity (Wildman–Crippen MR) is 123 cm³/mol. The molecule has 1 heterocycles. The summed E-state index contributed by atoms with van der Waals surface area (Å²) in [6.07, 6.45) is 1.08. The van der Waals surface area contributed by atoms with E-state index >= 15 is 0 Å². The molecule has 1 aromatic heterocycles. The minimum absolute atomic E-state index is 0.335. The normalized spacial score (nSPS) is 11.7. The van der Waals surface area contributed by atoms with Gasteiger partial charge in [0.05, 0.1) is 11.9 Å². The third-order valence-electron chi connectivity index (χ3n) is 4.78. The fraction of sp³-hybridized carbons (Fsp3) is 0.136. The second-order valence-corrected chi connectivity index (χ2v) is 9.82. The number of para-hydroxylation sites is 1. The van der Waals surface area contributed by atoms with Crippen LogP contribution < -0.4 is 9.62 Å². The number of carbonyl (C=O) groups excluding carboxylic acids is 1. The molecule has 0 fully saturated rings. The monoisotopic (exact) mass is 486 g/mol. The zero-order valence-corrected chi connectivity index (χ0v) is 18.7. The molecule has 1 amide bonds. The highest BCUT2D eigenvalue weighted by atomic mass is 79.9. The lowest BCUT2D eigenvalue weighted by Crippen LogP contribution is -2.37. The summed E-state index contributed by atoms with van der Waals surface area (Å²) in [5.41, 5.74) is 3.26. The Bertz CT molecular complexity index is 1380. The van der Waals surface area contributed by atoms with E-state index in [4.69, 9.17) is 4.42 Å². The Balaban J connectivity index is 1.58. The number of carbonyl (C=O) groups is 1. The number of aryl methyl sites for hydroxylation is 1. The van der Waals surface area contributed by atoms with Crippen molar-refractivity contribution in [3.8, 4) is 0 Å². The Morgan fingerprint density at radius 2 is 1.77 bits per heavy atom. The van der Waals surface area contributed by atoms with Crippen LogP contribution in [0, 0.1) is 6.92 Å². The van der Waals surface area contributed by atoms with Gasteiger partial charge in [0, 0.05) is 27.0 Å². The van der Waals surface area contributed by atoms with Crippen molar-refractivity contribution in [1.82, 2.24) is 0 Å². The summed E-state index contributed by atoms with van der Waals surface area (Å²) in [5.74, 6) is -0.448. The Morgan fingerprint density at radius 1 is 1.03 bits per heavy atom. The average molecular weight is 487 g/mol. The van der Waals surface area contributed by atoms with Gasteiger partial charge in [-0.2, -0.15) is 0 Å². The van der Waals surface area contributed by atoms with Gasteiger partial charge in [0.15, 0.2) is 0 Å². The van der Waals surface area contributed by atoms with Crippen LogP contribution in [0.15, 0.2) is 69.6 Å². The first-order valence-corrected chi connectivity index (χ1v) is 11.8. The van der Waals surface area contributed by atoms with E-state index in [1.807, 2.05) is 37.3 Å². The molecule has 0 aliphatic rings. The Morgan fingerprint density at radius 3 is 2.50 bits per heavy atom. The molecule has 0 saturated carbocycles. The van der Waals surface area contributed by atoms with Crippen LogP contribution >= 0.6 is 15.9 Å². The van der Waals surface area contributed by atoms with E-state index < -0.39 is 15.9 Å². The van der Waals surface area contributed by atoms with Gasteiger partial charge in [0.25, 0.3) is 0 Å². The highest BCUT2D eigenvalue weighted by Crippen LogP contribution is 2.30. The number of rotatable bonds is 5. The summed E-state index contributed by atoms with van der Waals surface area (Å²) in [7, 11) is -3.65. The number of benzene rings is 3. The number of nitrogens with zero attached hydrogens (tertiary/aromatic N) is 1. The molecule has 1 N–H and O–H groups in total. The van der Waals surface area contributed by atoms with Crippen molar-refractivity contribution in [3.63, 3.8) is 0 Å². The van der Waals surface area contributed by atoms with Crippen molar-refractivity contribution < 1.29 is 17.6 Å². The number of anilines is 2. The molecule has 4 aromatic rings. The summed E-state index contributed by atoms with van der Waals surface area (Å²) in [6, 6.07) is 18.2. The lowest BCUT2D eigenvalue weighted by molar-refractivity contribution is -0.114. The van der Waals surface area contributed by atoms with Gasteiger partial charge in [-0.05, 0) is 48.9 Å². The molecule has 30 heavy (non-hydrogen) atoms. The van der Waals surface area contributed by atoms with Crippen LogP contribution in [-0.2, 0) is 14.8 Å². The molecule has 4 rings (SSSR count). The van der Waals surface area contributed by atoms with E-state index in [1.54, 1.807) is 30.3 Å². The maximum atomic E-state index is 12.6. The smallest absolute Gasteiger partial charge is 0.245 e. The molecule has 0 unspecified atom stereocenters. The van der Waals surface area contributed by atoms with Gasteiger partial charge in [0.1, 0.15) is 17.7 Å². The maximum Gasteiger partial charge on any atom is 0.245 e. The van der Waals surface area contributed by atoms with E-state index in [1.165, 1.54) is 0 Å². The quantitative estimate of drug-likeness (QED) is 0.427. The van der Waals surface area contributed by atoms with Crippen LogP contribution in [0.25, 0.3) is 21.9 Å². The summed E-state index contributed by atoms with van der Waals surface area (Å²) in [5, 5.41) is 4.71. The molecule has 0 aliphatic carbocycles. The van der Waals surface area contributed by atoms with E-state index in [0.717, 1.165) is 37.0 Å². The van der Waals surface area contributed by atoms with Gasteiger partial charge in [-0.25, -0.2) is 8.42 Å². The van der Waals surface area contributed by atoms with Gasteiger partial charge in [-0.1, -0.05) is 34.1 Å². The first-order chi connectivity index (χ1) is 14.2. The highest BCUT2D eigenvalue weighted by Gasteiger charge is 2.21. The Kier molecular flexibility index (Phi) is 5.29. The SMILES string of the molecule is Cc1cc(N(CC(=O)Nc2ccc3c(c2)oc2ccccc23)S(C)(=O)=O)ccc1Br. The average Bonchev–Trinajstić information content (AvgIpc) is 3.05. The van der Waals surface area contributed by atoms with Gasteiger partial charge in [-0.15, -0.1) is 0 Å². The summed E-state index contributed by atoms with van der Waals surface area (Å²) < 4.78 is 32.4. The number of furan rings is 1. The molecular weight excluding hydrogens is 468 g/mol. The molecule has 154 valence electrons. The van der Waals surface area contributed by atoms with Crippen molar-refractivity contribution in [2.24, 2.45) is 0 Å². The molecule has 0 atom stereocenters. The Hall–Kier alpha value is -2.84. The van der Waals surface area contributed by atoms with Crippen LogP contribution in [0.5, 0.6) is 0 Å². The van der Waals surface area contributed by atoms with E-state index in [2.05, 4.69) is 21.2 Å². The van der Waals surface area contributed by atoms with Crippen molar-refractivity contribution in [2.45, 2.75) is 6.92 Å². The topological polar surface area (TPSA) is 79.6 Å². The van der Waals surface area contributed by atoms with Crippen molar-refractivity contribution in [2.75, 3.05) is 22.4 Å². The second-order valence-electron chi connectivity index (χ2n) is 7.06. The number of hydrogen-bond acceptors (Lipinski definition) is 4. The minimum Gasteiger partial charge on any atom is -0.456 e. The van der Waals surface area contributed by atoms with Gasteiger partial charge >= 0.3 is 0 Å². The molecule has 0 radical (unpaired) electrons. The summed E-state index contributed by atoms with van der Waals surface area (Å²) in [6.45, 7) is 1.52. The number of nitrogens with one attached hydrogen (secondary N) is 1. The molecule has 0 aliphatic heterocycles. The minimum atomic E-state index is -3.65. The number of hydrogen-bond donors (Lipinski definition) is 1. The zero-order valence-electron chi connectivity index (χ0n) is 16.3. The third-order valence-corrected chi connectivity index (χ3v) is 6.81. The Labute approximate surface area is 182 Å². The molecule has 0 spiro atoms. The second kappa shape index (κ2) is 7.77. The zero-order chi connectivity index (χ0) is 21.5. The third kappa shape index (κ3) is 4.06. The molecule has 6 nitrogen and oxygen atoms in total. The van der Waals surface area contributed by atoms with Gasteiger partial charge < -0.3 is 9.73 Å². The number of halogens is 1. The largest absolute Gasteiger partial charge is 0.456 e. The van der Waals surface area contributed by atoms with Gasteiger partial charge in [0.2, 0.25) is 15.9 Å². The first kappa shape index (κ1) is 20.4. The van der Waals surface area contributed by atoms with Crippen LogP contribution in [0.3, 0.4) is 0 Å². The molecule has 0 bridgehead atoms. The van der Waals surface area contributed by atoms with Crippen molar-refractivity contribution >= 4 is 65.2 Å². The lowest BCUT2D eigenvalue weighted by atomic mass is 10.1. The van der Waals surface area contributed by atoms with Crippen LogP contribution in [-0.4, -0.2) is 27.1 Å². The predicted octanol–water partition coefficient (Wildman–Crippen LogP) is 5.06. The summed E-state index contributed by atoms with van der Waals surface area (Å²) in [4.78, 5) is 12.6. The van der Waals surface area contributed by atoms with Crippen LogP contribution in [0.4, 0.5) is 11.4 Å². The maximum absolute atomic E-state index is 12.6. The first-order valence-electron chi connectivity index (χ1n) is 9.17. The number of fused-ring (bicyclic) bond motifs is 3. The van der Waals surface area contributed by atoms with E-state index in [-0.39, 0.29) is 6.54 Å². The van der Waals surface area contributed by atoms with Crippen LogP contribution in [0.2, 0.25) is 0 Å². The molecular formula is C22H19BrN2O4S.